The summed E-state index contributed by atoms with van der Waals surface area (Å²) >= 11 is 0. The van der Waals surface area contributed by atoms with E-state index in [-0.39, 0.29) is 12.0 Å². The van der Waals surface area contributed by atoms with Crippen LogP contribution in [0.2, 0.25) is 0 Å². The molecular weight excluding hydrogens is 441 g/mol. The van der Waals surface area contributed by atoms with Crippen molar-refractivity contribution in [2.45, 2.75) is 38.1 Å². The number of aromatic nitrogens is 7. The fourth-order valence-corrected chi connectivity index (χ4v) is 4.29. The van der Waals surface area contributed by atoms with Gasteiger partial charge in [0.2, 0.25) is 5.95 Å². The van der Waals surface area contributed by atoms with Crippen molar-refractivity contribution in [3.05, 3.63) is 42.6 Å². The molecule has 4 aromatic rings. The number of nitrogens with two attached hydrogens (primary N) is 1. The Hall–Kier alpha value is -3.48. The molecule has 3 atom stereocenters. The lowest BCUT2D eigenvalue weighted by atomic mass is 10.1. The Morgan fingerprint density at radius 1 is 1.32 bits per heavy atom. The lowest BCUT2D eigenvalue weighted by Crippen LogP contribution is -2.29. The summed E-state index contributed by atoms with van der Waals surface area (Å²) in [5.74, 6) is 0.0768. The smallest absolute Gasteiger partial charge is 0.225 e. The summed E-state index contributed by atoms with van der Waals surface area (Å²) in [5.41, 5.74) is 8.18. The minimum Gasteiger partial charge on any atom is -0.383 e. The van der Waals surface area contributed by atoms with Crippen LogP contribution in [0.3, 0.4) is 0 Å². The number of rotatable bonds is 8. The van der Waals surface area contributed by atoms with Crippen molar-refractivity contribution in [1.82, 2.24) is 34.7 Å². The third-order valence-electron chi connectivity index (χ3n) is 6.15. The van der Waals surface area contributed by atoms with Gasteiger partial charge in [-0.1, -0.05) is 5.21 Å². The summed E-state index contributed by atoms with van der Waals surface area (Å²) in [7, 11) is 1.62. The maximum Gasteiger partial charge on any atom is 0.225 e. The first kappa shape index (κ1) is 22.3. The average Bonchev–Trinajstić information content (AvgIpc) is 3.57. The number of aliphatic hydroxyl groups excluding tert-OH is 1. The lowest BCUT2D eigenvalue weighted by molar-refractivity contribution is 0.117. The Bertz CT molecular complexity index is 1290. The molecule has 3 heterocycles. The van der Waals surface area contributed by atoms with E-state index in [4.69, 9.17) is 10.5 Å². The summed E-state index contributed by atoms with van der Waals surface area (Å²) in [6.07, 6.45) is 6.62. The van der Waals surface area contributed by atoms with Crippen molar-refractivity contribution in [2.75, 3.05) is 19.0 Å². The van der Waals surface area contributed by atoms with Crippen LogP contribution in [0.4, 0.5) is 10.3 Å². The minimum atomic E-state index is -0.821. The van der Waals surface area contributed by atoms with Crippen molar-refractivity contribution < 1.29 is 14.2 Å². The van der Waals surface area contributed by atoms with Gasteiger partial charge in [0.25, 0.3) is 0 Å². The van der Waals surface area contributed by atoms with Crippen molar-refractivity contribution in [3.8, 4) is 16.8 Å². The maximum absolute atomic E-state index is 15.0. The molecule has 0 amide bonds. The summed E-state index contributed by atoms with van der Waals surface area (Å²) in [6.45, 7) is 1.11. The first-order valence-electron chi connectivity index (χ1n) is 11.1. The van der Waals surface area contributed by atoms with Gasteiger partial charge in [0.05, 0.1) is 31.2 Å². The number of nitrogens with one attached hydrogen (secondary N) is 1. The number of hydrogen-bond donors (Lipinski definition) is 3. The molecule has 4 N–H and O–H groups in total. The molecular formula is C22H26FN9O2. The van der Waals surface area contributed by atoms with Crippen molar-refractivity contribution >= 4 is 17.1 Å². The Labute approximate surface area is 194 Å². The average molecular weight is 468 g/mol. The van der Waals surface area contributed by atoms with E-state index in [0.717, 1.165) is 19.3 Å². The van der Waals surface area contributed by atoms with E-state index in [1.807, 2.05) is 0 Å². The highest BCUT2D eigenvalue weighted by molar-refractivity contribution is 5.72. The highest BCUT2D eigenvalue weighted by Gasteiger charge is 2.28. The van der Waals surface area contributed by atoms with Crippen LogP contribution in [-0.4, -0.2) is 65.8 Å². The predicted molar refractivity (Wildman–Crippen MR) is 122 cm³/mol. The van der Waals surface area contributed by atoms with Gasteiger partial charge in [0.1, 0.15) is 12.0 Å². The molecule has 11 nitrogen and oxygen atoms in total. The normalized spacial score (nSPS) is 19.1. The molecule has 3 aromatic heterocycles. The van der Waals surface area contributed by atoms with Crippen LogP contribution < -0.4 is 11.1 Å². The summed E-state index contributed by atoms with van der Waals surface area (Å²) < 4.78 is 23.3. The highest BCUT2D eigenvalue weighted by atomic mass is 19.1. The highest BCUT2D eigenvalue weighted by Crippen LogP contribution is 2.29. The summed E-state index contributed by atoms with van der Waals surface area (Å²) in [6, 6.07) is 4.97. The molecule has 0 aliphatic heterocycles. The summed E-state index contributed by atoms with van der Waals surface area (Å²) in [4.78, 5) is 8.88. The number of anilines is 1. The van der Waals surface area contributed by atoms with Crippen LogP contribution in [0.15, 0.2) is 36.8 Å². The fraction of sp³-hybridized carbons (Fsp3) is 0.409. The SMILES string of the molecule is COCCn1cc(-c2ccc(-n3nnc4cnc(N[C@@H]5CC[C@@H](C(N)O)C5)nc43)cc2F)cn1. The molecule has 1 fully saturated rings. The second kappa shape index (κ2) is 9.41. The van der Waals surface area contributed by atoms with Crippen molar-refractivity contribution in [1.29, 1.82) is 0 Å². The lowest BCUT2D eigenvalue weighted by Gasteiger charge is -2.15. The molecule has 1 aliphatic carbocycles. The maximum atomic E-state index is 15.0. The van der Waals surface area contributed by atoms with E-state index in [9.17, 15) is 5.11 Å². The van der Waals surface area contributed by atoms with Crippen LogP contribution in [0.25, 0.3) is 28.0 Å². The van der Waals surface area contributed by atoms with Crippen LogP contribution in [0.1, 0.15) is 19.3 Å². The third-order valence-corrected chi connectivity index (χ3v) is 6.15. The van der Waals surface area contributed by atoms with Crippen LogP contribution in [0, 0.1) is 11.7 Å². The number of fused-ring (bicyclic) bond motifs is 1. The van der Waals surface area contributed by atoms with Gasteiger partial charge in [0, 0.05) is 42.5 Å². The molecule has 0 radical (unpaired) electrons. The molecule has 0 bridgehead atoms. The molecule has 1 saturated carbocycles. The van der Waals surface area contributed by atoms with E-state index in [0.29, 0.717) is 47.1 Å². The van der Waals surface area contributed by atoms with Gasteiger partial charge in [-0.15, -0.1) is 5.10 Å². The zero-order valence-corrected chi connectivity index (χ0v) is 18.7. The zero-order valence-electron chi connectivity index (χ0n) is 18.7. The monoisotopic (exact) mass is 467 g/mol. The Kier molecular flexibility index (Phi) is 6.18. The standard InChI is InChI=1S/C22H26FN9O2/c1-34-7-6-31-12-14(10-26-31)17-5-4-16(9-18(17)23)32-21-19(29-30-32)11-25-22(28-21)27-15-3-2-13(8-15)20(24)33/h4-5,9-13,15,20,33H,2-3,6-8,24H2,1H3,(H,25,27,28)/t13-,15-,20?/m1/s1. The Morgan fingerprint density at radius 2 is 2.21 bits per heavy atom. The second-order valence-corrected chi connectivity index (χ2v) is 8.46. The van der Waals surface area contributed by atoms with Gasteiger partial charge in [-0.3, -0.25) is 4.68 Å². The third kappa shape index (κ3) is 4.47. The number of benzene rings is 1. The largest absolute Gasteiger partial charge is 0.383 e. The van der Waals surface area contributed by atoms with Crippen LogP contribution in [-0.2, 0) is 11.3 Å². The molecule has 0 saturated heterocycles. The van der Waals surface area contributed by atoms with Gasteiger partial charge in [-0.05, 0) is 31.4 Å². The number of aliphatic hydroxyl groups is 1. The first-order chi connectivity index (χ1) is 16.5. The fourth-order valence-electron chi connectivity index (χ4n) is 4.29. The number of nitrogens with zero attached hydrogens (tertiary/aromatic N) is 7. The quantitative estimate of drug-likeness (QED) is 0.330. The second-order valence-electron chi connectivity index (χ2n) is 8.46. The van der Waals surface area contributed by atoms with Crippen molar-refractivity contribution in [3.63, 3.8) is 0 Å². The molecule has 1 aromatic carbocycles. The van der Waals surface area contributed by atoms with Gasteiger partial charge in [-0.25, -0.2) is 9.37 Å². The summed E-state index contributed by atoms with van der Waals surface area (Å²) in [5, 5.41) is 25.4. The molecule has 34 heavy (non-hydrogen) atoms. The molecule has 5 rings (SSSR count). The Morgan fingerprint density at radius 3 is 2.97 bits per heavy atom. The van der Waals surface area contributed by atoms with Gasteiger partial charge < -0.3 is 20.9 Å². The molecule has 1 aliphatic rings. The van der Waals surface area contributed by atoms with E-state index in [2.05, 4.69) is 30.7 Å². The molecule has 178 valence electrons. The van der Waals surface area contributed by atoms with E-state index in [1.54, 1.807) is 42.5 Å². The van der Waals surface area contributed by atoms with Gasteiger partial charge in [0.15, 0.2) is 11.2 Å². The van der Waals surface area contributed by atoms with Crippen molar-refractivity contribution in [2.24, 2.45) is 11.7 Å². The molecule has 1 unspecified atom stereocenters. The number of ether oxygens (including phenoxy) is 1. The van der Waals surface area contributed by atoms with Gasteiger partial charge >= 0.3 is 0 Å². The van der Waals surface area contributed by atoms with Crippen LogP contribution >= 0.6 is 0 Å². The van der Waals surface area contributed by atoms with Gasteiger partial charge in [-0.2, -0.15) is 14.8 Å². The predicted octanol–water partition coefficient (Wildman–Crippen LogP) is 1.72. The number of halogens is 1. The first-order valence-corrected chi connectivity index (χ1v) is 11.1. The van der Waals surface area contributed by atoms with Crippen LogP contribution in [0.5, 0.6) is 0 Å². The van der Waals surface area contributed by atoms with E-state index in [1.165, 1.54) is 10.7 Å². The Balaban J connectivity index is 1.38. The molecule has 0 spiro atoms. The zero-order chi connectivity index (χ0) is 23.7. The van der Waals surface area contributed by atoms with E-state index < -0.39 is 12.0 Å². The number of hydrogen-bond acceptors (Lipinski definition) is 9. The number of methoxy groups -OCH3 is 1. The minimum absolute atomic E-state index is 0.0574. The topological polar surface area (TPSA) is 142 Å². The van der Waals surface area contributed by atoms with E-state index >= 15 is 4.39 Å². The molecule has 12 heteroatoms.